The number of para-hydroxylation sites is 1. The third-order valence-corrected chi connectivity index (χ3v) is 7.01. The van der Waals surface area contributed by atoms with E-state index in [1.54, 1.807) is 13.1 Å². The van der Waals surface area contributed by atoms with Gasteiger partial charge in [0.25, 0.3) is 0 Å². The van der Waals surface area contributed by atoms with Crippen molar-refractivity contribution in [3.63, 3.8) is 0 Å². The Morgan fingerprint density at radius 2 is 1.67 bits per heavy atom. The van der Waals surface area contributed by atoms with Crippen LogP contribution in [0.5, 0.6) is 0 Å². The van der Waals surface area contributed by atoms with Crippen LogP contribution in [0.1, 0.15) is 33.6 Å². The molecule has 0 aliphatic carbocycles. The number of carbonyl (C=O) groups is 2. The van der Waals surface area contributed by atoms with Gasteiger partial charge in [0.1, 0.15) is 23.0 Å². The quantitative estimate of drug-likeness (QED) is 0.301. The fraction of sp³-hybridized carbons (Fsp3) is 0.250. The second-order valence-corrected chi connectivity index (χ2v) is 9.23. The van der Waals surface area contributed by atoms with Crippen LogP contribution in [0, 0.1) is 27.7 Å². The molecule has 1 atom stereocenters. The van der Waals surface area contributed by atoms with Crippen LogP contribution in [0.4, 0.5) is 0 Å². The van der Waals surface area contributed by atoms with Gasteiger partial charge in [-0.2, -0.15) is 0 Å². The van der Waals surface area contributed by atoms with Crippen LogP contribution < -0.4 is 10.9 Å². The Kier molecular flexibility index (Phi) is 5.67. The molecule has 0 radical (unpaired) electrons. The molecule has 1 amide bonds. The highest BCUT2D eigenvalue weighted by Gasteiger charge is 2.24. The zero-order valence-corrected chi connectivity index (χ0v) is 20.4. The summed E-state index contributed by atoms with van der Waals surface area (Å²) in [7, 11) is 0. The number of carboxylic acids is 1. The molecule has 0 saturated heterocycles. The molecule has 0 saturated carbocycles. The lowest BCUT2D eigenvalue weighted by Crippen LogP contribution is -2.43. The minimum Gasteiger partial charge on any atom is -0.480 e. The molecule has 3 N–H and O–H groups in total. The van der Waals surface area contributed by atoms with Gasteiger partial charge in [-0.25, -0.2) is 9.59 Å². The number of hydrogen-bond donors (Lipinski definition) is 3. The molecule has 0 fully saturated rings. The Morgan fingerprint density at radius 3 is 2.42 bits per heavy atom. The lowest BCUT2D eigenvalue weighted by Gasteiger charge is -2.15. The zero-order valence-electron chi connectivity index (χ0n) is 20.4. The number of H-pyrrole nitrogens is 1. The number of aromatic amines is 1. The molecule has 184 valence electrons. The summed E-state index contributed by atoms with van der Waals surface area (Å²) in [5.74, 6) is -0.928. The molecule has 5 rings (SSSR count). The van der Waals surface area contributed by atoms with E-state index in [2.05, 4.69) is 10.3 Å². The van der Waals surface area contributed by atoms with Crippen LogP contribution in [0.15, 0.2) is 50.2 Å². The highest BCUT2D eigenvalue weighted by Crippen LogP contribution is 2.34. The lowest BCUT2D eigenvalue weighted by molar-refractivity contribution is -0.141. The molecule has 3 aromatic heterocycles. The maximum atomic E-state index is 12.9. The van der Waals surface area contributed by atoms with Crippen LogP contribution in [-0.2, 0) is 22.4 Å². The van der Waals surface area contributed by atoms with Crippen molar-refractivity contribution in [3.05, 3.63) is 80.5 Å². The van der Waals surface area contributed by atoms with Crippen molar-refractivity contribution in [3.8, 4) is 0 Å². The molecule has 0 spiro atoms. The van der Waals surface area contributed by atoms with Gasteiger partial charge < -0.3 is 24.2 Å². The van der Waals surface area contributed by atoms with Gasteiger partial charge >= 0.3 is 11.6 Å². The first-order valence-corrected chi connectivity index (χ1v) is 11.7. The Hall–Kier alpha value is -4.33. The average Bonchev–Trinajstić information content (AvgIpc) is 3.38. The summed E-state index contributed by atoms with van der Waals surface area (Å²) in [6, 6.07) is 8.32. The van der Waals surface area contributed by atoms with Crippen molar-refractivity contribution in [2.24, 2.45) is 0 Å². The molecule has 0 unspecified atom stereocenters. The van der Waals surface area contributed by atoms with Crippen molar-refractivity contribution >= 4 is 44.7 Å². The number of aryl methyl sites for hydroxylation is 4. The van der Waals surface area contributed by atoms with Gasteiger partial charge in [0.2, 0.25) is 5.91 Å². The summed E-state index contributed by atoms with van der Waals surface area (Å²) >= 11 is 0. The molecular formula is C28H26N2O6. The minimum absolute atomic E-state index is 0.104. The highest BCUT2D eigenvalue weighted by molar-refractivity contribution is 6.00. The second-order valence-electron chi connectivity index (χ2n) is 9.23. The number of carbonyl (C=O) groups excluding carboxylic acids is 1. The summed E-state index contributed by atoms with van der Waals surface area (Å²) in [5, 5.41) is 14.9. The fourth-order valence-electron chi connectivity index (χ4n) is 4.82. The van der Waals surface area contributed by atoms with Crippen molar-refractivity contribution < 1.29 is 23.5 Å². The summed E-state index contributed by atoms with van der Waals surface area (Å²) in [4.78, 5) is 40.8. The smallest absolute Gasteiger partial charge is 0.340 e. The van der Waals surface area contributed by atoms with E-state index >= 15 is 0 Å². The number of aromatic nitrogens is 1. The van der Waals surface area contributed by atoms with Gasteiger partial charge in [0, 0.05) is 39.9 Å². The zero-order chi connectivity index (χ0) is 25.7. The van der Waals surface area contributed by atoms with Crippen molar-refractivity contribution in [2.45, 2.75) is 46.6 Å². The molecule has 5 aromatic rings. The van der Waals surface area contributed by atoms with E-state index in [0.29, 0.717) is 16.7 Å². The monoisotopic (exact) mass is 486 g/mol. The number of rotatable bonds is 6. The first-order chi connectivity index (χ1) is 17.2. The van der Waals surface area contributed by atoms with Crippen molar-refractivity contribution in [1.82, 2.24) is 10.3 Å². The molecule has 0 aliphatic rings. The van der Waals surface area contributed by atoms with Gasteiger partial charge in [-0.3, -0.25) is 4.79 Å². The van der Waals surface area contributed by atoms with Gasteiger partial charge in [-0.1, -0.05) is 18.2 Å². The van der Waals surface area contributed by atoms with Crippen molar-refractivity contribution in [1.29, 1.82) is 0 Å². The van der Waals surface area contributed by atoms with E-state index in [0.717, 1.165) is 44.1 Å². The van der Waals surface area contributed by atoms with Crippen molar-refractivity contribution in [2.75, 3.05) is 0 Å². The first-order valence-electron chi connectivity index (χ1n) is 11.7. The number of hydrogen-bond acceptors (Lipinski definition) is 5. The van der Waals surface area contributed by atoms with Crippen LogP contribution >= 0.6 is 0 Å². The second kappa shape index (κ2) is 8.71. The molecule has 0 aliphatic heterocycles. The third-order valence-electron chi connectivity index (χ3n) is 7.01. The van der Waals surface area contributed by atoms with Crippen LogP contribution in [0.2, 0.25) is 0 Å². The summed E-state index contributed by atoms with van der Waals surface area (Å²) < 4.78 is 11.5. The Morgan fingerprint density at radius 1 is 0.972 bits per heavy atom. The predicted octanol–water partition coefficient (Wildman–Crippen LogP) is 4.61. The maximum absolute atomic E-state index is 12.9. The molecule has 2 aromatic carbocycles. The Bertz CT molecular complexity index is 1740. The van der Waals surface area contributed by atoms with Gasteiger partial charge in [-0.05, 0) is 56.5 Å². The normalized spacial score (nSPS) is 12.4. The van der Waals surface area contributed by atoms with Crippen LogP contribution in [0.25, 0.3) is 32.8 Å². The molecular weight excluding hydrogens is 460 g/mol. The number of amides is 1. The van der Waals surface area contributed by atoms with E-state index in [4.69, 9.17) is 8.83 Å². The van der Waals surface area contributed by atoms with Gasteiger partial charge in [-0.15, -0.1) is 0 Å². The van der Waals surface area contributed by atoms with Crippen LogP contribution in [-0.4, -0.2) is 28.0 Å². The van der Waals surface area contributed by atoms with E-state index in [9.17, 15) is 19.5 Å². The van der Waals surface area contributed by atoms with Gasteiger partial charge in [0.05, 0.1) is 12.0 Å². The molecule has 8 nitrogen and oxygen atoms in total. The van der Waals surface area contributed by atoms with Gasteiger partial charge in [0.15, 0.2) is 0 Å². The Labute approximate surface area is 205 Å². The SMILES string of the molecule is Cc1oc2c(C)c3oc(=O)c(CC(=O)N[C@@H](Cc4c[nH]c5ccccc45)C(=O)O)c(C)c3cc2c1C. The molecule has 0 bridgehead atoms. The predicted molar refractivity (Wildman–Crippen MR) is 136 cm³/mol. The van der Waals surface area contributed by atoms with E-state index in [1.807, 2.05) is 51.1 Å². The topological polar surface area (TPSA) is 126 Å². The largest absolute Gasteiger partial charge is 0.480 e. The number of nitrogens with one attached hydrogen (secondary N) is 2. The first kappa shape index (κ1) is 23.4. The van der Waals surface area contributed by atoms with Crippen LogP contribution in [0.3, 0.4) is 0 Å². The molecule has 3 heterocycles. The molecule has 36 heavy (non-hydrogen) atoms. The number of benzene rings is 2. The van der Waals surface area contributed by atoms with E-state index < -0.39 is 23.5 Å². The molecule has 8 heteroatoms. The summed E-state index contributed by atoms with van der Waals surface area (Å²) in [6.45, 7) is 7.46. The fourth-order valence-corrected chi connectivity index (χ4v) is 4.82. The number of carboxylic acid groups (broad SMARTS) is 1. The number of fused-ring (bicyclic) bond motifs is 3. The highest BCUT2D eigenvalue weighted by atomic mass is 16.4. The Balaban J connectivity index is 1.45. The lowest BCUT2D eigenvalue weighted by atomic mass is 9.98. The average molecular weight is 487 g/mol. The maximum Gasteiger partial charge on any atom is 0.340 e. The number of aliphatic carboxylic acids is 1. The number of furan rings is 1. The summed E-state index contributed by atoms with van der Waals surface area (Å²) in [5.41, 5.74) is 4.70. The summed E-state index contributed by atoms with van der Waals surface area (Å²) in [6.07, 6.45) is 1.56. The third kappa shape index (κ3) is 3.84. The standard InChI is InChI=1S/C28H26N2O6/c1-13-16(4)35-25-15(3)26-20(10-19(13)25)14(2)21(28(34)36-26)11-24(31)30-23(27(32)33)9-17-12-29-22-8-6-5-7-18(17)22/h5-8,10,12,23,29H,9,11H2,1-4H3,(H,30,31)(H,32,33)/t23-/m0/s1. The minimum atomic E-state index is -1.15. The van der Waals surface area contributed by atoms with E-state index in [1.165, 1.54) is 0 Å². The van der Waals surface area contributed by atoms with E-state index in [-0.39, 0.29) is 18.4 Å².